The van der Waals surface area contributed by atoms with Crippen LogP contribution < -0.4 is 4.74 Å². The van der Waals surface area contributed by atoms with Gasteiger partial charge in [0.05, 0.1) is 5.56 Å². The minimum atomic E-state index is -0.809. The van der Waals surface area contributed by atoms with Crippen LogP contribution in [0.4, 0.5) is 8.78 Å². The number of carbonyl (C=O) groups is 1. The Morgan fingerprint density at radius 3 is 2.47 bits per heavy atom. The molecule has 6 nitrogen and oxygen atoms in total. The second-order valence-electron chi connectivity index (χ2n) is 7.98. The SMILES string of the molecule is Cc1ccc(CN2CCN(C(=O)c3noc(C)c3COc3ccc(F)cc3F)CC2)cc1. The molecule has 1 aliphatic rings. The number of ether oxygens (including phenoxy) is 1. The van der Waals surface area contributed by atoms with Gasteiger partial charge in [-0.2, -0.15) is 0 Å². The Labute approximate surface area is 185 Å². The molecular formula is C24H25F2N3O3. The van der Waals surface area contributed by atoms with Gasteiger partial charge in [0.1, 0.15) is 18.2 Å². The zero-order valence-corrected chi connectivity index (χ0v) is 18.1. The molecular weight excluding hydrogens is 416 g/mol. The van der Waals surface area contributed by atoms with Crippen LogP contribution in [0.5, 0.6) is 5.75 Å². The van der Waals surface area contributed by atoms with E-state index in [0.29, 0.717) is 24.4 Å². The van der Waals surface area contributed by atoms with E-state index in [1.54, 1.807) is 11.8 Å². The van der Waals surface area contributed by atoms with Crippen LogP contribution in [0.15, 0.2) is 47.0 Å². The third-order valence-electron chi connectivity index (χ3n) is 5.64. The summed E-state index contributed by atoms with van der Waals surface area (Å²) in [5, 5.41) is 3.92. The molecule has 168 valence electrons. The van der Waals surface area contributed by atoms with E-state index in [1.807, 2.05) is 0 Å². The van der Waals surface area contributed by atoms with Gasteiger partial charge in [-0.25, -0.2) is 8.78 Å². The summed E-state index contributed by atoms with van der Waals surface area (Å²) >= 11 is 0. The molecule has 0 aliphatic carbocycles. The first kappa shape index (κ1) is 22.0. The van der Waals surface area contributed by atoms with E-state index in [0.717, 1.165) is 31.8 Å². The lowest BCUT2D eigenvalue weighted by atomic mass is 10.1. The Morgan fingerprint density at radius 2 is 1.78 bits per heavy atom. The van der Waals surface area contributed by atoms with Crippen LogP contribution in [0.3, 0.4) is 0 Å². The summed E-state index contributed by atoms with van der Waals surface area (Å²) in [6.45, 7) is 7.12. The lowest BCUT2D eigenvalue weighted by Gasteiger charge is -2.34. The number of aryl methyl sites for hydroxylation is 2. The third kappa shape index (κ3) is 4.96. The fourth-order valence-electron chi connectivity index (χ4n) is 3.68. The molecule has 1 fully saturated rings. The van der Waals surface area contributed by atoms with Crippen molar-refractivity contribution in [1.82, 2.24) is 15.0 Å². The van der Waals surface area contributed by atoms with Crippen LogP contribution in [-0.2, 0) is 13.2 Å². The lowest BCUT2D eigenvalue weighted by molar-refractivity contribution is 0.0616. The van der Waals surface area contributed by atoms with Crippen LogP contribution >= 0.6 is 0 Å². The molecule has 0 bridgehead atoms. The first-order valence-electron chi connectivity index (χ1n) is 10.5. The van der Waals surface area contributed by atoms with Gasteiger partial charge in [-0.1, -0.05) is 35.0 Å². The van der Waals surface area contributed by atoms with E-state index >= 15 is 0 Å². The van der Waals surface area contributed by atoms with Crippen molar-refractivity contribution in [3.8, 4) is 5.75 Å². The van der Waals surface area contributed by atoms with Crippen LogP contribution in [0, 0.1) is 25.5 Å². The van der Waals surface area contributed by atoms with E-state index in [1.165, 1.54) is 17.2 Å². The number of halogens is 2. The molecule has 1 amide bonds. The van der Waals surface area contributed by atoms with Gasteiger partial charge >= 0.3 is 0 Å². The second kappa shape index (κ2) is 9.48. The largest absolute Gasteiger partial charge is 0.486 e. The number of nitrogens with zero attached hydrogens (tertiary/aromatic N) is 3. The monoisotopic (exact) mass is 441 g/mol. The average molecular weight is 441 g/mol. The van der Waals surface area contributed by atoms with Crippen molar-refractivity contribution in [3.63, 3.8) is 0 Å². The predicted molar refractivity (Wildman–Crippen MR) is 114 cm³/mol. The molecule has 0 N–H and O–H groups in total. The summed E-state index contributed by atoms with van der Waals surface area (Å²) in [4.78, 5) is 17.1. The molecule has 0 spiro atoms. The Hall–Kier alpha value is -3.26. The average Bonchev–Trinajstić information content (AvgIpc) is 3.15. The molecule has 32 heavy (non-hydrogen) atoms. The van der Waals surface area contributed by atoms with E-state index in [4.69, 9.17) is 9.26 Å². The fourth-order valence-corrected chi connectivity index (χ4v) is 3.68. The zero-order chi connectivity index (χ0) is 22.7. The van der Waals surface area contributed by atoms with E-state index in [-0.39, 0.29) is 24.0 Å². The molecule has 0 saturated carbocycles. The second-order valence-corrected chi connectivity index (χ2v) is 7.98. The van der Waals surface area contributed by atoms with Crippen molar-refractivity contribution in [2.24, 2.45) is 0 Å². The highest BCUT2D eigenvalue weighted by atomic mass is 19.1. The van der Waals surface area contributed by atoms with Crippen molar-refractivity contribution in [1.29, 1.82) is 0 Å². The number of piperazine rings is 1. The predicted octanol–water partition coefficient (Wildman–Crippen LogP) is 4.11. The molecule has 3 aromatic rings. The number of hydrogen-bond donors (Lipinski definition) is 0. The molecule has 4 rings (SSSR count). The number of rotatable bonds is 6. The highest BCUT2D eigenvalue weighted by Crippen LogP contribution is 2.22. The molecule has 8 heteroatoms. The van der Waals surface area contributed by atoms with E-state index in [2.05, 4.69) is 41.2 Å². The number of hydrogen-bond acceptors (Lipinski definition) is 5. The highest BCUT2D eigenvalue weighted by Gasteiger charge is 2.28. The maximum absolute atomic E-state index is 13.9. The van der Waals surface area contributed by atoms with E-state index in [9.17, 15) is 13.6 Å². The molecule has 2 aromatic carbocycles. The van der Waals surface area contributed by atoms with Crippen LogP contribution in [0.25, 0.3) is 0 Å². The number of aromatic nitrogens is 1. The summed E-state index contributed by atoms with van der Waals surface area (Å²) in [5.74, 6) is -1.41. The first-order valence-corrected chi connectivity index (χ1v) is 10.5. The Bertz CT molecular complexity index is 1090. The standard InChI is InChI=1S/C24H25F2N3O3/c1-16-3-5-18(6-4-16)14-28-9-11-29(12-10-28)24(30)23-20(17(2)32-27-23)15-31-22-8-7-19(25)13-21(22)26/h3-8,13H,9-12,14-15H2,1-2H3. The Kier molecular flexibility index (Phi) is 6.50. The topological polar surface area (TPSA) is 58.8 Å². The van der Waals surface area contributed by atoms with Crippen molar-refractivity contribution < 1.29 is 22.8 Å². The van der Waals surface area contributed by atoms with Gasteiger partial charge in [-0.15, -0.1) is 0 Å². The zero-order valence-electron chi connectivity index (χ0n) is 18.1. The highest BCUT2D eigenvalue weighted by molar-refractivity contribution is 5.93. The van der Waals surface area contributed by atoms with Crippen LogP contribution in [-0.4, -0.2) is 47.0 Å². The Balaban J connectivity index is 1.37. The van der Waals surface area contributed by atoms with Gasteiger partial charge in [0, 0.05) is 38.8 Å². The Morgan fingerprint density at radius 1 is 1.06 bits per heavy atom. The molecule has 0 radical (unpaired) electrons. The summed E-state index contributed by atoms with van der Waals surface area (Å²) in [7, 11) is 0. The van der Waals surface area contributed by atoms with Gasteiger partial charge in [0.25, 0.3) is 5.91 Å². The fraction of sp³-hybridized carbons (Fsp3) is 0.333. The molecule has 0 atom stereocenters. The van der Waals surface area contributed by atoms with Gasteiger partial charge < -0.3 is 14.2 Å². The molecule has 1 aliphatic heterocycles. The lowest BCUT2D eigenvalue weighted by Crippen LogP contribution is -2.48. The summed E-state index contributed by atoms with van der Waals surface area (Å²) < 4.78 is 37.6. The molecule has 1 aromatic heterocycles. The molecule has 1 saturated heterocycles. The maximum Gasteiger partial charge on any atom is 0.276 e. The van der Waals surface area contributed by atoms with Crippen molar-refractivity contribution in [2.75, 3.05) is 26.2 Å². The maximum atomic E-state index is 13.9. The minimum Gasteiger partial charge on any atom is -0.486 e. The molecule has 0 unspecified atom stereocenters. The normalized spacial score (nSPS) is 14.6. The van der Waals surface area contributed by atoms with Gasteiger partial charge in [-0.05, 0) is 31.5 Å². The first-order chi connectivity index (χ1) is 15.4. The quantitative estimate of drug-likeness (QED) is 0.576. The van der Waals surface area contributed by atoms with Crippen molar-refractivity contribution >= 4 is 5.91 Å². The van der Waals surface area contributed by atoms with Crippen LogP contribution in [0.2, 0.25) is 0 Å². The van der Waals surface area contributed by atoms with Gasteiger partial charge in [-0.3, -0.25) is 9.69 Å². The number of benzene rings is 2. The van der Waals surface area contributed by atoms with Gasteiger partial charge in [0.15, 0.2) is 17.3 Å². The molecule has 2 heterocycles. The van der Waals surface area contributed by atoms with E-state index < -0.39 is 11.6 Å². The minimum absolute atomic E-state index is 0.102. The third-order valence-corrected chi connectivity index (χ3v) is 5.64. The van der Waals surface area contributed by atoms with Crippen LogP contribution in [0.1, 0.15) is 32.9 Å². The van der Waals surface area contributed by atoms with Crippen molar-refractivity contribution in [2.45, 2.75) is 27.0 Å². The summed E-state index contributed by atoms with van der Waals surface area (Å²) in [6, 6.07) is 11.5. The number of carbonyl (C=O) groups excluding carboxylic acids is 1. The summed E-state index contributed by atoms with van der Waals surface area (Å²) in [5.41, 5.74) is 3.10. The van der Waals surface area contributed by atoms with Crippen molar-refractivity contribution in [3.05, 3.63) is 82.2 Å². The smallest absolute Gasteiger partial charge is 0.276 e. The summed E-state index contributed by atoms with van der Waals surface area (Å²) in [6.07, 6.45) is 0. The van der Waals surface area contributed by atoms with Gasteiger partial charge in [0.2, 0.25) is 0 Å². The number of amides is 1.